The van der Waals surface area contributed by atoms with E-state index in [0.29, 0.717) is 13.1 Å². The number of halogens is 1. The molecule has 0 aliphatic heterocycles. The van der Waals surface area contributed by atoms with Gasteiger partial charge < -0.3 is 20.1 Å². The number of aromatic nitrogens is 1. The van der Waals surface area contributed by atoms with Gasteiger partial charge >= 0.3 is 0 Å². The lowest BCUT2D eigenvalue weighted by Gasteiger charge is -2.12. The molecule has 6 nitrogen and oxygen atoms in total. The van der Waals surface area contributed by atoms with Crippen molar-refractivity contribution in [2.75, 3.05) is 20.8 Å². The van der Waals surface area contributed by atoms with E-state index in [9.17, 15) is 0 Å². The van der Waals surface area contributed by atoms with E-state index in [2.05, 4.69) is 33.1 Å². The molecule has 1 heterocycles. The van der Waals surface area contributed by atoms with Crippen LogP contribution in [0.15, 0.2) is 58.9 Å². The maximum Gasteiger partial charge on any atom is 0.191 e. The van der Waals surface area contributed by atoms with Crippen molar-refractivity contribution in [2.45, 2.75) is 20.0 Å². The van der Waals surface area contributed by atoms with Crippen molar-refractivity contribution in [2.24, 2.45) is 4.99 Å². The number of rotatable bonds is 8. The molecule has 0 aliphatic rings. The molecule has 0 radical (unpaired) electrons. The molecular weight excluding hydrogens is 511 g/mol. The van der Waals surface area contributed by atoms with E-state index in [4.69, 9.17) is 14.5 Å². The average molecular weight is 538 g/mol. The van der Waals surface area contributed by atoms with Crippen LogP contribution < -0.4 is 20.1 Å². The van der Waals surface area contributed by atoms with Crippen molar-refractivity contribution in [3.05, 3.63) is 64.5 Å². The van der Waals surface area contributed by atoms with Crippen molar-refractivity contribution in [1.82, 2.24) is 15.6 Å². The number of nitrogens with zero attached hydrogens (tertiary/aromatic N) is 2. The quantitative estimate of drug-likeness (QED) is 0.247. The van der Waals surface area contributed by atoms with Crippen LogP contribution in [-0.2, 0) is 13.1 Å². The van der Waals surface area contributed by atoms with Crippen LogP contribution in [0.3, 0.4) is 0 Å². The molecule has 3 rings (SSSR count). The first-order chi connectivity index (χ1) is 14.2. The van der Waals surface area contributed by atoms with Gasteiger partial charge in [0, 0.05) is 29.1 Å². The maximum absolute atomic E-state index is 5.46. The largest absolute Gasteiger partial charge is 0.497 e. The van der Waals surface area contributed by atoms with Crippen molar-refractivity contribution in [3.8, 4) is 22.8 Å². The van der Waals surface area contributed by atoms with Crippen LogP contribution in [0.1, 0.15) is 17.5 Å². The summed E-state index contributed by atoms with van der Waals surface area (Å²) in [4.78, 5) is 9.40. The summed E-state index contributed by atoms with van der Waals surface area (Å²) in [5, 5.41) is 9.72. The Morgan fingerprint density at radius 1 is 1.07 bits per heavy atom. The molecule has 0 bridgehead atoms. The highest BCUT2D eigenvalue weighted by molar-refractivity contribution is 14.0. The summed E-state index contributed by atoms with van der Waals surface area (Å²) in [5.74, 6) is 2.26. The minimum Gasteiger partial charge on any atom is -0.497 e. The lowest BCUT2D eigenvalue weighted by Crippen LogP contribution is -2.36. The number of hydrogen-bond acceptors (Lipinski definition) is 5. The Hall–Kier alpha value is -2.33. The van der Waals surface area contributed by atoms with Gasteiger partial charge in [-0.1, -0.05) is 30.3 Å². The zero-order valence-corrected chi connectivity index (χ0v) is 20.5. The summed E-state index contributed by atoms with van der Waals surface area (Å²) in [7, 11) is 3.29. The van der Waals surface area contributed by atoms with Crippen molar-refractivity contribution in [1.29, 1.82) is 0 Å². The zero-order chi connectivity index (χ0) is 20.5. The van der Waals surface area contributed by atoms with Crippen LogP contribution in [0.4, 0.5) is 0 Å². The number of hydrogen-bond donors (Lipinski definition) is 2. The summed E-state index contributed by atoms with van der Waals surface area (Å²) in [6.07, 6.45) is 0. The monoisotopic (exact) mass is 538 g/mol. The number of methoxy groups -OCH3 is 2. The molecule has 0 atom stereocenters. The minimum atomic E-state index is 0. The third-order valence-electron chi connectivity index (χ3n) is 4.27. The number of ether oxygens (including phenoxy) is 2. The predicted octanol–water partition coefficient (Wildman–Crippen LogP) is 4.70. The Bertz CT molecular complexity index is 947. The molecule has 0 unspecified atom stereocenters. The highest BCUT2D eigenvalue weighted by Crippen LogP contribution is 2.25. The number of nitrogens with one attached hydrogen (secondary N) is 2. The lowest BCUT2D eigenvalue weighted by molar-refractivity contribution is 0.391. The smallest absolute Gasteiger partial charge is 0.191 e. The van der Waals surface area contributed by atoms with Gasteiger partial charge in [-0.05, 0) is 19.1 Å². The van der Waals surface area contributed by atoms with Gasteiger partial charge in [-0.2, -0.15) is 0 Å². The fraction of sp³-hybridized carbons (Fsp3) is 0.273. The van der Waals surface area contributed by atoms with Gasteiger partial charge in [0.15, 0.2) is 5.96 Å². The van der Waals surface area contributed by atoms with Crippen LogP contribution in [-0.4, -0.2) is 31.7 Å². The molecule has 160 valence electrons. The Morgan fingerprint density at radius 2 is 1.87 bits per heavy atom. The molecule has 0 spiro atoms. The summed E-state index contributed by atoms with van der Waals surface area (Å²) < 4.78 is 10.7. The van der Waals surface area contributed by atoms with E-state index >= 15 is 0 Å². The summed E-state index contributed by atoms with van der Waals surface area (Å²) in [6.45, 7) is 3.93. The summed E-state index contributed by atoms with van der Waals surface area (Å²) in [6, 6.07) is 15.9. The SMILES string of the molecule is CCNC(=NCc1ccc(OC)cc1OC)NCc1nc(-c2ccccc2)cs1.I. The molecule has 3 aromatic rings. The van der Waals surface area contributed by atoms with E-state index in [1.807, 2.05) is 43.3 Å². The van der Waals surface area contributed by atoms with E-state index in [0.717, 1.165) is 45.8 Å². The van der Waals surface area contributed by atoms with Gasteiger partial charge in [0.25, 0.3) is 0 Å². The molecule has 0 amide bonds. The molecule has 30 heavy (non-hydrogen) atoms. The van der Waals surface area contributed by atoms with Crippen LogP contribution in [0.25, 0.3) is 11.3 Å². The fourth-order valence-corrected chi connectivity index (χ4v) is 3.52. The lowest BCUT2D eigenvalue weighted by atomic mass is 10.2. The van der Waals surface area contributed by atoms with Crippen LogP contribution >= 0.6 is 35.3 Å². The van der Waals surface area contributed by atoms with Gasteiger partial charge in [-0.15, -0.1) is 35.3 Å². The topological polar surface area (TPSA) is 67.8 Å². The molecule has 2 N–H and O–H groups in total. The Kier molecular flexibility index (Phi) is 9.88. The summed E-state index contributed by atoms with van der Waals surface area (Å²) in [5.41, 5.74) is 3.12. The minimum absolute atomic E-state index is 0. The second kappa shape index (κ2) is 12.4. The highest BCUT2D eigenvalue weighted by Gasteiger charge is 2.07. The highest BCUT2D eigenvalue weighted by atomic mass is 127. The van der Waals surface area contributed by atoms with E-state index in [1.54, 1.807) is 25.6 Å². The van der Waals surface area contributed by atoms with E-state index in [1.165, 1.54) is 0 Å². The van der Waals surface area contributed by atoms with Gasteiger partial charge in [-0.25, -0.2) is 9.98 Å². The molecule has 8 heteroatoms. The predicted molar refractivity (Wildman–Crippen MR) is 134 cm³/mol. The molecular formula is C22H27IN4O2S. The van der Waals surface area contributed by atoms with Gasteiger partial charge in [0.05, 0.1) is 33.0 Å². The second-order valence-electron chi connectivity index (χ2n) is 6.22. The zero-order valence-electron chi connectivity index (χ0n) is 17.3. The van der Waals surface area contributed by atoms with Gasteiger partial charge in [0.2, 0.25) is 0 Å². The number of guanidine groups is 1. The number of thiazole rings is 1. The van der Waals surface area contributed by atoms with Gasteiger partial charge in [0.1, 0.15) is 16.5 Å². The Morgan fingerprint density at radius 3 is 2.57 bits per heavy atom. The third kappa shape index (κ3) is 6.60. The maximum atomic E-state index is 5.46. The normalized spacial score (nSPS) is 10.8. The molecule has 0 aliphatic carbocycles. The molecule has 0 saturated carbocycles. The van der Waals surface area contributed by atoms with Gasteiger partial charge in [-0.3, -0.25) is 0 Å². The van der Waals surface area contributed by atoms with Crippen molar-refractivity contribution in [3.63, 3.8) is 0 Å². The van der Waals surface area contributed by atoms with Crippen LogP contribution in [0.2, 0.25) is 0 Å². The molecule has 0 fully saturated rings. The third-order valence-corrected chi connectivity index (χ3v) is 5.12. The molecule has 2 aromatic carbocycles. The molecule has 0 saturated heterocycles. The van der Waals surface area contributed by atoms with Crippen LogP contribution in [0, 0.1) is 0 Å². The van der Waals surface area contributed by atoms with E-state index < -0.39 is 0 Å². The fourth-order valence-electron chi connectivity index (χ4n) is 2.78. The number of benzene rings is 2. The Balaban J connectivity index is 0.00000320. The van der Waals surface area contributed by atoms with Crippen molar-refractivity contribution >= 4 is 41.3 Å². The number of aliphatic imine (C=N–C) groups is 1. The average Bonchev–Trinajstić information content (AvgIpc) is 3.25. The first-order valence-electron chi connectivity index (χ1n) is 9.46. The molecule has 1 aromatic heterocycles. The summed E-state index contributed by atoms with van der Waals surface area (Å²) >= 11 is 1.64. The Labute approximate surface area is 198 Å². The van der Waals surface area contributed by atoms with E-state index in [-0.39, 0.29) is 24.0 Å². The first kappa shape index (κ1) is 23.9. The van der Waals surface area contributed by atoms with Crippen LogP contribution in [0.5, 0.6) is 11.5 Å². The standard InChI is InChI=1S/C22H26N4O2S.HI/c1-4-23-22(24-13-17-10-11-18(27-2)12-20(17)28-3)25-14-21-26-19(15-29-21)16-8-6-5-7-9-16;/h5-12,15H,4,13-14H2,1-3H3,(H2,23,24,25);1H. The van der Waals surface area contributed by atoms with Crippen molar-refractivity contribution < 1.29 is 9.47 Å². The second-order valence-corrected chi connectivity index (χ2v) is 7.16. The first-order valence-corrected chi connectivity index (χ1v) is 10.3.